The van der Waals surface area contributed by atoms with Gasteiger partial charge in [0.15, 0.2) is 5.82 Å². The van der Waals surface area contributed by atoms with Crippen molar-refractivity contribution < 1.29 is 9.53 Å². The first-order chi connectivity index (χ1) is 16.7. The Morgan fingerprint density at radius 3 is 2.47 bits per heavy atom. The van der Waals surface area contributed by atoms with Crippen LogP contribution in [0.25, 0.3) is 22.8 Å². The fraction of sp³-hybridized carbons (Fsp3) is 0.222. The summed E-state index contributed by atoms with van der Waals surface area (Å²) in [6.45, 7) is 2.57. The summed E-state index contributed by atoms with van der Waals surface area (Å²) in [4.78, 5) is 25.5. The second-order valence-electron chi connectivity index (χ2n) is 8.89. The molecule has 0 saturated carbocycles. The highest BCUT2D eigenvalue weighted by atomic mass is 16.5. The number of fused-ring (bicyclic) bond motifs is 2. The molecule has 3 N–H and O–H groups in total. The SMILES string of the molecule is O=C1NCC2(CCNCC2)c2[nH]c(-c3ccnc(-c4ccc(Oc5ccccc5)cc4)n3)cc21. The van der Waals surface area contributed by atoms with E-state index in [1.165, 1.54) is 0 Å². The van der Waals surface area contributed by atoms with Crippen LogP contribution in [0.3, 0.4) is 0 Å². The summed E-state index contributed by atoms with van der Waals surface area (Å²) in [5, 5.41) is 6.52. The minimum absolute atomic E-state index is 0.0232. The maximum absolute atomic E-state index is 12.6. The van der Waals surface area contributed by atoms with Gasteiger partial charge in [-0.2, -0.15) is 0 Å². The van der Waals surface area contributed by atoms with E-state index in [2.05, 4.69) is 20.6 Å². The third kappa shape index (κ3) is 3.74. The molecule has 0 radical (unpaired) electrons. The third-order valence-electron chi connectivity index (χ3n) is 6.76. The van der Waals surface area contributed by atoms with Gasteiger partial charge < -0.3 is 20.4 Å². The van der Waals surface area contributed by atoms with Crippen molar-refractivity contribution in [3.05, 3.63) is 84.2 Å². The Bertz CT molecular complexity index is 1320. The lowest BCUT2D eigenvalue weighted by molar-refractivity contribution is 0.0913. The number of aromatic nitrogens is 3. The first kappa shape index (κ1) is 20.6. The fourth-order valence-electron chi connectivity index (χ4n) is 4.90. The number of H-pyrrole nitrogens is 1. The second kappa shape index (κ2) is 8.43. The number of carbonyl (C=O) groups is 1. The smallest absolute Gasteiger partial charge is 0.253 e. The molecule has 1 amide bonds. The van der Waals surface area contributed by atoms with Gasteiger partial charge in [0.05, 0.1) is 17.0 Å². The van der Waals surface area contributed by atoms with Gasteiger partial charge in [0.2, 0.25) is 0 Å². The molecule has 2 aromatic carbocycles. The molecular weight excluding hydrogens is 426 g/mol. The zero-order valence-electron chi connectivity index (χ0n) is 18.7. The lowest BCUT2D eigenvalue weighted by Gasteiger charge is -2.40. The Morgan fingerprint density at radius 2 is 1.68 bits per heavy atom. The molecule has 7 heteroatoms. The Hall–Kier alpha value is -3.97. The molecule has 1 fully saturated rings. The summed E-state index contributed by atoms with van der Waals surface area (Å²) in [6, 6.07) is 21.2. The number of amides is 1. The summed E-state index contributed by atoms with van der Waals surface area (Å²) in [5.74, 6) is 2.14. The van der Waals surface area contributed by atoms with Gasteiger partial charge in [0.25, 0.3) is 5.91 Å². The quantitative estimate of drug-likeness (QED) is 0.430. The topological polar surface area (TPSA) is 91.9 Å². The molecule has 1 saturated heterocycles. The number of carbonyl (C=O) groups excluding carboxylic acids is 1. The lowest BCUT2D eigenvalue weighted by atomic mass is 9.73. The van der Waals surface area contributed by atoms with Gasteiger partial charge in [-0.3, -0.25) is 4.79 Å². The van der Waals surface area contributed by atoms with E-state index in [1.807, 2.05) is 66.7 Å². The normalized spacial score (nSPS) is 16.6. The van der Waals surface area contributed by atoms with Crippen LogP contribution in [0, 0.1) is 0 Å². The molecule has 0 aliphatic carbocycles. The molecule has 2 aromatic heterocycles. The number of para-hydroxylation sites is 1. The second-order valence-corrected chi connectivity index (χ2v) is 8.89. The third-order valence-corrected chi connectivity index (χ3v) is 6.76. The molecule has 34 heavy (non-hydrogen) atoms. The van der Waals surface area contributed by atoms with Crippen molar-refractivity contribution in [2.24, 2.45) is 0 Å². The van der Waals surface area contributed by atoms with Crippen LogP contribution in [0.15, 0.2) is 72.9 Å². The Labute approximate surface area is 197 Å². The van der Waals surface area contributed by atoms with Crippen molar-refractivity contribution >= 4 is 5.91 Å². The summed E-state index contributed by atoms with van der Waals surface area (Å²) >= 11 is 0. The molecule has 6 rings (SSSR count). The molecule has 2 aliphatic heterocycles. The number of nitrogens with one attached hydrogen (secondary N) is 3. The van der Waals surface area contributed by atoms with E-state index in [-0.39, 0.29) is 11.3 Å². The number of aromatic amines is 1. The van der Waals surface area contributed by atoms with E-state index in [0.717, 1.165) is 65.6 Å². The monoisotopic (exact) mass is 451 g/mol. The standard InChI is InChI=1S/C27H25N5O2/c33-26-21-16-23(31-24(21)27(17-30-26)11-14-28-15-12-27)22-10-13-29-25(32-22)18-6-8-20(9-7-18)34-19-4-2-1-3-5-19/h1-10,13,16,28,31H,11-12,14-15,17H2,(H,30,33). The molecule has 1 spiro atoms. The zero-order chi connectivity index (χ0) is 23.0. The number of nitrogens with zero attached hydrogens (tertiary/aromatic N) is 2. The van der Waals surface area contributed by atoms with Crippen molar-refractivity contribution in [3.63, 3.8) is 0 Å². The van der Waals surface area contributed by atoms with Crippen molar-refractivity contribution in [1.29, 1.82) is 0 Å². The maximum atomic E-state index is 12.6. The largest absolute Gasteiger partial charge is 0.457 e. The number of benzene rings is 2. The minimum Gasteiger partial charge on any atom is -0.457 e. The van der Waals surface area contributed by atoms with Gasteiger partial charge in [-0.1, -0.05) is 18.2 Å². The van der Waals surface area contributed by atoms with Gasteiger partial charge >= 0.3 is 0 Å². The molecule has 0 bridgehead atoms. The highest BCUT2D eigenvalue weighted by Crippen LogP contribution is 2.39. The summed E-state index contributed by atoms with van der Waals surface area (Å²) in [7, 11) is 0. The molecule has 0 atom stereocenters. The Kier molecular flexibility index (Phi) is 5.11. The van der Waals surface area contributed by atoms with Crippen LogP contribution < -0.4 is 15.4 Å². The molecule has 4 heterocycles. The lowest BCUT2D eigenvalue weighted by Crippen LogP contribution is -2.51. The molecule has 7 nitrogen and oxygen atoms in total. The number of ether oxygens (including phenoxy) is 1. The zero-order valence-corrected chi connectivity index (χ0v) is 18.7. The van der Waals surface area contributed by atoms with Crippen molar-refractivity contribution in [2.75, 3.05) is 19.6 Å². The van der Waals surface area contributed by atoms with E-state index in [9.17, 15) is 4.79 Å². The molecular formula is C27H25N5O2. The highest BCUT2D eigenvalue weighted by Gasteiger charge is 2.42. The van der Waals surface area contributed by atoms with Crippen LogP contribution in [0.2, 0.25) is 0 Å². The van der Waals surface area contributed by atoms with Crippen LogP contribution in [0.4, 0.5) is 0 Å². The average molecular weight is 452 g/mol. The van der Waals surface area contributed by atoms with Gasteiger partial charge in [-0.05, 0) is 74.5 Å². The molecule has 170 valence electrons. The Balaban J connectivity index is 1.29. The first-order valence-corrected chi connectivity index (χ1v) is 11.6. The number of hydrogen-bond donors (Lipinski definition) is 3. The van der Waals surface area contributed by atoms with Crippen LogP contribution in [0.1, 0.15) is 28.9 Å². The first-order valence-electron chi connectivity index (χ1n) is 11.6. The van der Waals surface area contributed by atoms with Crippen LogP contribution in [-0.4, -0.2) is 40.5 Å². The van der Waals surface area contributed by atoms with Gasteiger partial charge in [0, 0.05) is 29.4 Å². The maximum Gasteiger partial charge on any atom is 0.253 e. The van der Waals surface area contributed by atoms with E-state index in [0.29, 0.717) is 12.4 Å². The van der Waals surface area contributed by atoms with Crippen molar-refractivity contribution in [2.45, 2.75) is 18.3 Å². The Morgan fingerprint density at radius 1 is 0.912 bits per heavy atom. The minimum atomic E-state index is -0.0445. The number of piperidine rings is 1. The predicted molar refractivity (Wildman–Crippen MR) is 130 cm³/mol. The molecule has 4 aromatic rings. The van der Waals surface area contributed by atoms with Crippen molar-refractivity contribution in [1.82, 2.24) is 25.6 Å². The number of rotatable bonds is 4. The van der Waals surface area contributed by atoms with E-state index in [4.69, 9.17) is 9.72 Å². The predicted octanol–water partition coefficient (Wildman–Crippen LogP) is 4.30. The van der Waals surface area contributed by atoms with E-state index < -0.39 is 0 Å². The highest BCUT2D eigenvalue weighted by molar-refractivity contribution is 5.98. The van der Waals surface area contributed by atoms with E-state index >= 15 is 0 Å². The van der Waals surface area contributed by atoms with Crippen LogP contribution in [-0.2, 0) is 5.41 Å². The number of hydrogen-bond acceptors (Lipinski definition) is 5. The average Bonchev–Trinajstić information content (AvgIpc) is 3.36. The van der Waals surface area contributed by atoms with Crippen LogP contribution in [0.5, 0.6) is 11.5 Å². The fourth-order valence-corrected chi connectivity index (χ4v) is 4.90. The summed E-state index contributed by atoms with van der Waals surface area (Å²) in [6.07, 6.45) is 3.74. The van der Waals surface area contributed by atoms with Gasteiger partial charge in [-0.15, -0.1) is 0 Å². The van der Waals surface area contributed by atoms with E-state index in [1.54, 1.807) is 6.20 Å². The summed E-state index contributed by atoms with van der Waals surface area (Å²) < 4.78 is 5.89. The van der Waals surface area contributed by atoms with Crippen LogP contribution >= 0.6 is 0 Å². The molecule has 2 aliphatic rings. The van der Waals surface area contributed by atoms with Crippen molar-refractivity contribution in [3.8, 4) is 34.3 Å². The van der Waals surface area contributed by atoms with Gasteiger partial charge in [-0.25, -0.2) is 9.97 Å². The molecule has 0 unspecified atom stereocenters. The summed E-state index contributed by atoms with van der Waals surface area (Å²) in [5.41, 5.74) is 4.22. The van der Waals surface area contributed by atoms with Gasteiger partial charge in [0.1, 0.15) is 11.5 Å².